The van der Waals surface area contributed by atoms with Crippen molar-refractivity contribution in [2.24, 2.45) is 0 Å². The van der Waals surface area contributed by atoms with E-state index in [1.807, 2.05) is 41.3 Å². The number of hydrogen-bond donors (Lipinski definition) is 1. The predicted molar refractivity (Wildman–Crippen MR) is 96.4 cm³/mol. The van der Waals surface area contributed by atoms with E-state index in [1.165, 1.54) is 6.92 Å². The number of halogens is 2. The number of ketones is 1. The van der Waals surface area contributed by atoms with Crippen LogP contribution in [0.2, 0.25) is 10.0 Å². The van der Waals surface area contributed by atoms with E-state index in [9.17, 15) is 9.90 Å². The molecule has 3 rings (SSSR count). The maximum atomic E-state index is 12.1. The molecule has 0 saturated heterocycles. The van der Waals surface area contributed by atoms with E-state index in [1.54, 1.807) is 12.1 Å². The van der Waals surface area contributed by atoms with Crippen LogP contribution in [0.3, 0.4) is 0 Å². The summed E-state index contributed by atoms with van der Waals surface area (Å²) >= 11 is 12.4. The molecular formula is C19H17Cl2NO2. The van der Waals surface area contributed by atoms with E-state index in [2.05, 4.69) is 0 Å². The lowest BCUT2D eigenvalue weighted by atomic mass is 9.96. The first-order chi connectivity index (χ1) is 11.5. The third kappa shape index (κ3) is 3.34. The second kappa shape index (κ2) is 6.98. The summed E-state index contributed by atoms with van der Waals surface area (Å²) in [5, 5.41) is 11.4. The van der Waals surface area contributed by atoms with E-state index in [4.69, 9.17) is 23.2 Å². The molecule has 0 bridgehead atoms. The zero-order valence-corrected chi connectivity index (χ0v) is 14.7. The van der Waals surface area contributed by atoms with Gasteiger partial charge in [0.2, 0.25) is 0 Å². The molecule has 0 amide bonds. The van der Waals surface area contributed by atoms with Crippen molar-refractivity contribution in [3.05, 3.63) is 81.0 Å². The van der Waals surface area contributed by atoms with Crippen molar-refractivity contribution in [1.82, 2.24) is 4.90 Å². The predicted octanol–water partition coefficient (Wildman–Crippen LogP) is 4.95. The molecule has 2 aromatic carbocycles. The molecule has 0 fully saturated rings. The lowest BCUT2D eigenvalue weighted by molar-refractivity contribution is -0.114. The highest BCUT2D eigenvalue weighted by Crippen LogP contribution is 2.41. The molecule has 0 aromatic heterocycles. The number of Topliss-reactive ketones (excluding diaryl/α,β-unsaturated/α-hetero) is 1. The van der Waals surface area contributed by atoms with Crippen molar-refractivity contribution in [1.29, 1.82) is 0 Å². The second-order valence-electron chi connectivity index (χ2n) is 5.88. The number of benzene rings is 2. The van der Waals surface area contributed by atoms with Crippen LogP contribution in [0, 0.1) is 0 Å². The second-order valence-corrected chi connectivity index (χ2v) is 6.72. The van der Waals surface area contributed by atoms with Crippen LogP contribution in [-0.4, -0.2) is 22.3 Å². The van der Waals surface area contributed by atoms with Gasteiger partial charge in [-0.2, -0.15) is 0 Å². The molecule has 3 nitrogen and oxygen atoms in total. The summed E-state index contributed by atoms with van der Waals surface area (Å²) in [6, 6.07) is 14.8. The minimum absolute atomic E-state index is 0.106. The SMILES string of the molecule is CC(=O)C1=C(O)CN(Cc2ccccc2)C1c1ccc(Cl)cc1Cl. The Bertz CT molecular complexity index is 802. The topological polar surface area (TPSA) is 40.5 Å². The summed E-state index contributed by atoms with van der Waals surface area (Å²) in [5.74, 6) is -0.0477. The summed E-state index contributed by atoms with van der Waals surface area (Å²) in [6.45, 7) is 2.38. The highest BCUT2D eigenvalue weighted by Gasteiger charge is 2.37. The summed E-state index contributed by atoms with van der Waals surface area (Å²) in [5.41, 5.74) is 2.27. The maximum absolute atomic E-state index is 12.1. The molecule has 1 N–H and O–H groups in total. The van der Waals surface area contributed by atoms with Gasteiger partial charge >= 0.3 is 0 Å². The Hall–Kier alpha value is -1.81. The largest absolute Gasteiger partial charge is 0.510 e. The zero-order valence-electron chi connectivity index (χ0n) is 13.2. The van der Waals surface area contributed by atoms with Gasteiger partial charge in [0.05, 0.1) is 18.2 Å². The number of aliphatic hydroxyl groups is 1. The Morgan fingerprint density at radius 2 is 1.92 bits per heavy atom. The molecule has 1 aliphatic rings. The molecule has 1 heterocycles. The summed E-state index contributed by atoms with van der Waals surface area (Å²) in [4.78, 5) is 14.1. The number of carbonyl (C=O) groups excluding carboxylic acids is 1. The molecule has 0 saturated carbocycles. The van der Waals surface area contributed by atoms with Crippen LogP contribution in [0.25, 0.3) is 0 Å². The van der Waals surface area contributed by atoms with Gasteiger partial charge in [0.15, 0.2) is 5.78 Å². The van der Waals surface area contributed by atoms with Gasteiger partial charge in [-0.3, -0.25) is 9.69 Å². The summed E-state index contributed by atoms with van der Waals surface area (Å²) in [7, 11) is 0. The smallest absolute Gasteiger partial charge is 0.161 e. The Balaban J connectivity index is 2.02. The fraction of sp³-hybridized carbons (Fsp3) is 0.211. The first-order valence-electron chi connectivity index (χ1n) is 7.63. The van der Waals surface area contributed by atoms with Crippen molar-refractivity contribution in [2.45, 2.75) is 19.5 Å². The third-order valence-electron chi connectivity index (χ3n) is 4.17. The van der Waals surface area contributed by atoms with Gasteiger partial charge in [0.1, 0.15) is 5.76 Å². The van der Waals surface area contributed by atoms with E-state index in [0.717, 1.165) is 11.1 Å². The van der Waals surface area contributed by atoms with Crippen molar-refractivity contribution < 1.29 is 9.90 Å². The summed E-state index contributed by atoms with van der Waals surface area (Å²) in [6.07, 6.45) is 0. The van der Waals surface area contributed by atoms with Crippen molar-refractivity contribution in [3.63, 3.8) is 0 Å². The normalized spacial score (nSPS) is 18.2. The van der Waals surface area contributed by atoms with Gasteiger partial charge in [-0.15, -0.1) is 0 Å². The lowest BCUT2D eigenvalue weighted by Gasteiger charge is -2.27. The zero-order chi connectivity index (χ0) is 17.3. The van der Waals surface area contributed by atoms with Gasteiger partial charge in [-0.05, 0) is 30.2 Å². The average molecular weight is 362 g/mol. The minimum Gasteiger partial charge on any atom is -0.510 e. The van der Waals surface area contributed by atoms with Gasteiger partial charge in [0, 0.05) is 16.6 Å². The highest BCUT2D eigenvalue weighted by molar-refractivity contribution is 6.35. The first-order valence-corrected chi connectivity index (χ1v) is 8.39. The standard InChI is InChI=1S/C19H17Cl2NO2/c1-12(23)18-17(24)11-22(10-13-5-3-2-4-6-13)19(18)15-8-7-14(20)9-16(15)21/h2-9,19,24H,10-11H2,1H3. The molecule has 1 unspecified atom stereocenters. The Morgan fingerprint density at radius 1 is 1.21 bits per heavy atom. The molecule has 5 heteroatoms. The van der Waals surface area contributed by atoms with E-state index < -0.39 is 0 Å². The fourth-order valence-electron chi connectivity index (χ4n) is 3.15. The average Bonchev–Trinajstić information content (AvgIpc) is 2.84. The number of carbonyl (C=O) groups is 1. The molecule has 24 heavy (non-hydrogen) atoms. The molecule has 124 valence electrons. The quantitative estimate of drug-likeness (QED) is 0.837. The molecule has 1 atom stereocenters. The fourth-order valence-corrected chi connectivity index (χ4v) is 3.66. The highest BCUT2D eigenvalue weighted by atomic mass is 35.5. The Labute approximate surface area is 151 Å². The number of nitrogens with zero attached hydrogens (tertiary/aromatic N) is 1. The van der Waals surface area contributed by atoms with Gasteiger partial charge in [-0.25, -0.2) is 0 Å². The minimum atomic E-state index is -0.382. The van der Waals surface area contributed by atoms with Crippen LogP contribution in [0.15, 0.2) is 59.9 Å². The van der Waals surface area contributed by atoms with Crippen LogP contribution in [0.4, 0.5) is 0 Å². The maximum Gasteiger partial charge on any atom is 0.161 e. The first kappa shape index (κ1) is 17.0. The lowest BCUT2D eigenvalue weighted by Crippen LogP contribution is -2.26. The number of hydrogen-bond acceptors (Lipinski definition) is 3. The van der Waals surface area contributed by atoms with Crippen LogP contribution < -0.4 is 0 Å². The molecule has 0 spiro atoms. The number of rotatable bonds is 4. The van der Waals surface area contributed by atoms with Crippen molar-refractivity contribution in [3.8, 4) is 0 Å². The summed E-state index contributed by atoms with van der Waals surface area (Å²) < 4.78 is 0. The monoisotopic (exact) mass is 361 g/mol. The number of aliphatic hydroxyl groups excluding tert-OH is 1. The van der Waals surface area contributed by atoms with E-state index >= 15 is 0 Å². The molecule has 1 aliphatic heterocycles. The molecular weight excluding hydrogens is 345 g/mol. The molecule has 2 aromatic rings. The van der Waals surface area contributed by atoms with E-state index in [0.29, 0.717) is 28.7 Å². The van der Waals surface area contributed by atoms with Crippen molar-refractivity contribution in [2.75, 3.05) is 6.54 Å². The third-order valence-corrected chi connectivity index (χ3v) is 4.73. The van der Waals surface area contributed by atoms with Crippen LogP contribution in [0.1, 0.15) is 24.1 Å². The molecule has 0 radical (unpaired) electrons. The van der Waals surface area contributed by atoms with Crippen LogP contribution >= 0.6 is 23.2 Å². The van der Waals surface area contributed by atoms with E-state index in [-0.39, 0.29) is 17.6 Å². The van der Waals surface area contributed by atoms with Crippen LogP contribution in [0.5, 0.6) is 0 Å². The van der Waals surface area contributed by atoms with Gasteiger partial charge < -0.3 is 5.11 Å². The molecule has 0 aliphatic carbocycles. The van der Waals surface area contributed by atoms with Crippen molar-refractivity contribution >= 4 is 29.0 Å². The Kier molecular flexibility index (Phi) is 4.95. The Morgan fingerprint density at radius 3 is 2.54 bits per heavy atom. The van der Waals surface area contributed by atoms with Gasteiger partial charge in [-0.1, -0.05) is 59.6 Å². The van der Waals surface area contributed by atoms with Gasteiger partial charge in [0.25, 0.3) is 0 Å². The van der Waals surface area contributed by atoms with Crippen LogP contribution in [-0.2, 0) is 11.3 Å².